The number of sulfonamides is 1. The van der Waals surface area contributed by atoms with E-state index >= 15 is 0 Å². The van der Waals surface area contributed by atoms with Gasteiger partial charge in [0.2, 0.25) is 15.9 Å². The maximum Gasteiger partial charge on any atom is 0.243 e. The number of ether oxygens (including phenoxy) is 2. The number of carbonyl (C=O) groups excluding carboxylic acids is 1. The fourth-order valence-corrected chi connectivity index (χ4v) is 4.92. The highest BCUT2D eigenvalue weighted by Crippen LogP contribution is 2.32. The van der Waals surface area contributed by atoms with Crippen molar-refractivity contribution in [3.05, 3.63) is 66.7 Å². The van der Waals surface area contributed by atoms with Crippen LogP contribution in [-0.4, -0.2) is 55.4 Å². The van der Waals surface area contributed by atoms with Crippen LogP contribution >= 0.6 is 0 Å². The molecule has 1 aliphatic heterocycles. The minimum Gasteiger partial charge on any atom is -0.490 e. The molecule has 2 N–H and O–H groups in total. The van der Waals surface area contributed by atoms with Gasteiger partial charge in [-0.05, 0) is 48.5 Å². The first-order chi connectivity index (χ1) is 16.9. The number of hydrogen-bond acceptors (Lipinski definition) is 6. The van der Waals surface area contributed by atoms with Gasteiger partial charge in [-0.2, -0.15) is 4.31 Å². The molecule has 4 aromatic rings. The first kappa shape index (κ1) is 22.9. The van der Waals surface area contributed by atoms with Crippen molar-refractivity contribution in [2.24, 2.45) is 0 Å². The third-order valence-corrected chi connectivity index (χ3v) is 7.42. The molecule has 35 heavy (non-hydrogen) atoms. The lowest BCUT2D eigenvalue weighted by atomic mass is 10.2. The molecule has 0 spiro atoms. The molecule has 0 saturated heterocycles. The van der Waals surface area contributed by atoms with E-state index < -0.39 is 15.9 Å². The maximum atomic E-state index is 13.0. The van der Waals surface area contributed by atoms with E-state index in [0.717, 1.165) is 33.1 Å². The van der Waals surface area contributed by atoms with Gasteiger partial charge in [0.05, 0.1) is 35.7 Å². The van der Waals surface area contributed by atoms with Crippen LogP contribution in [0.15, 0.2) is 71.6 Å². The second kappa shape index (κ2) is 9.40. The largest absolute Gasteiger partial charge is 0.490 e. The Kier molecular flexibility index (Phi) is 6.14. The number of para-hydroxylation sites is 2. The Morgan fingerprint density at radius 1 is 1.03 bits per heavy atom. The number of anilines is 1. The first-order valence-electron chi connectivity index (χ1n) is 11.1. The number of amides is 1. The number of H-pyrrole nitrogens is 1. The lowest BCUT2D eigenvalue weighted by Crippen LogP contribution is -2.35. The number of aromatic amines is 1. The molecule has 5 rings (SSSR count). The first-order valence-corrected chi connectivity index (χ1v) is 12.6. The third-order valence-electron chi connectivity index (χ3n) is 5.62. The molecular formula is C25H24N4O5S. The molecule has 0 unspecified atom stereocenters. The zero-order chi connectivity index (χ0) is 24.4. The quantitative estimate of drug-likeness (QED) is 0.425. The van der Waals surface area contributed by atoms with Gasteiger partial charge in [-0.15, -0.1) is 0 Å². The number of likely N-dealkylation sites (N-methyl/N-ethyl adjacent to an activating group) is 1. The predicted molar refractivity (Wildman–Crippen MR) is 132 cm³/mol. The number of aromatic nitrogens is 2. The van der Waals surface area contributed by atoms with Crippen LogP contribution < -0.4 is 14.8 Å². The van der Waals surface area contributed by atoms with Gasteiger partial charge >= 0.3 is 0 Å². The summed E-state index contributed by atoms with van der Waals surface area (Å²) in [6.07, 6.45) is 0.718. The molecule has 1 amide bonds. The van der Waals surface area contributed by atoms with E-state index in [1.54, 1.807) is 18.2 Å². The number of imidazole rings is 1. The van der Waals surface area contributed by atoms with E-state index in [1.807, 2.05) is 36.4 Å². The van der Waals surface area contributed by atoms with Crippen LogP contribution in [0.3, 0.4) is 0 Å². The zero-order valence-electron chi connectivity index (χ0n) is 19.0. The van der Waals surface area contributed by atoms with Gasteiger partial charge < -0.3 is 19.8 Å². The molecule has 0 atom stereocenters. The number of nitrogens with one attached hydrogen (secondary N) is 2. The summed E-state index contributed by atoms with van der Waals surface area (Å²) in [5.41, 5.74) is 3.24. The van der Waals surface area contributed by atoms with Gasteiger partial charge in [-0.1, -0.05) is 12.1 Å². The summed E-state index contributed by atoms with van der Waals surface area (Å²) in [6.45, 7) is 0.615. The van der Waals surface area contributed by atoms with E-state index in [0.29, 0.717) is 30.4 Å². The van der Waals surface area contributed by atoms with Gasteiger partial charge in [0.25, 0.3) is 0 Å². The molecule has 2 heterocycles. The Morgan fingerprint density at radius 2 is 1.77 bits per heavy atom. The molecule has 9 nitrogen and oxygen atoms in total. The minimum atomic E-state index is -3.90. The normalized spacial score (nSPS) is 13.5. The molecule has 0 radical (unpaired) electrons. The lowest BCUT2D eigenvalue weighted by Gasteiger charge is -2.18. The average molecular weight is 493 g/mol. The number of carbonyl (C=O) groups is 1. The van der Waals surface area contributed by atoms with Crippen molar-refractivity contribution in [3.8, 4) is 22.9 Å². The average Bonchev–Trinajstić information content (AvgIpc) is 3.15. The molecule has 10 heteroatoms. The van der Waals surface area contributed by atoms with Gasteiger partial charge in [0.15, 0.2) is 11.5 Å². The smallest absolute Gasteiger partial charge is 0.243 e. The molecule has 1 aliphatic rings. The molecule has 0 saturated carbocycles. The van der Waals surface area contributed by atoms with E-state index in [-0.39, 0.29) is 11.4 Å². The Bertz CT molecular complexity index is 1450. The van der Waals surface area contributed by atoms with Crippen molar-refractivity contribution in [1.82, 2.24) is 14.3 Å². The van der Waals surface area contributed by atoms with Gasteiger partial charge in [0, 0.05) is 30.8 Å². The van der Waals surface area contributed by atoms with Crippen LogP contribution in [0.2, 0.25) is 0 Å². The number of nitrogens with zero attached hydrogens (tertiary/aromatic N) is 2. The second-order valence-electron chi connectivity index (χ2n) is 8.15. The highest BCUT2D eigenvalue weighted by atomic mass is 32.2. The van der Waals surface area contributed by atoms with Crippen molar-refractivity contribution in [1.29, 1.82) is 0 Å². The van der Waals surface area contributed by atoms with Crippen molar-refractivity contribution in [2.75, 3.05) is 32.1 Å². The van der Waals surface area contributed by atoms with E-state index in [9.17, 15) is 13.2 Å². The van der Waals surface area contributed by atoms with Gasteiger partial charge in [-0.25, -0.2) is 13.4 Å². The fourth-order valence-electron chi connectivity index (χ4n) is 3.77. The van der Waals surface area contributed by atoms with Crippen molar-refractivity contribution < 1.29 is 22.7 Å². The summed E-state index contributed by atoms with van der Waals surface area (Å²) < 4.78 is 38.2. The molecule has 1 aromatic heterocycles. The van der Waals surface area contributed by atoms with Crippen LogP contribution in [0, 0.1) is 0 Å². The third kappa shape index (κ3) is 4.84. The lowest BCUT2D eigenvalue weighted by molar-refractivity contribution is -0.116. The second-order valence-corrected chi connectivity index (χ2v) is 10.2. The minimum absolute atomic E-state index is 0.0345. The van der Waals surface area contributed by atoms with E-state index in [2.05, 4.69) is 15.3 Å². The molecule has 0 bridgehead atoms. The van der Waals surface area contributed by atoms with Crippen LogP contribution in [0.25, 0.3) is 22.4 Å². The summed E-state index contributed by atoms with van der Waals surface area (Å²) in [6, 6.07) is 19.4. The Labute approximate surface area is 202 Å². The summed E-state index contributed by atoms with van der Waals surface area (Å²) in [5, 5.41) is 2.74. The number of fused-ring (bicyclic) bond motifs is 2. The Hall–Kier alpha value is -3.89. The van der Waals surface area contributed by atoms with Gasteiger partial charge in [0.1, 0.15) is 5.82 Å². The van der Waals surface area contributed by atoms with Crippen molar-refractivity contribution in [3.63, 3.8) is 0 Å². The SMILES string of the molecule is CN(CC(=O)Nc1ccc(-c2nc3ccccc3[nH]2)cc1)S(=O)(=O)c1ccc2c(c1)OCCCO2. The van der Waals surface area contributed by atoms with Crippen LogP contribution in [0.5, 0.6) is 11.5 Å². The predicted octanol–water partition coefficient (Wildman–Crippen LogP) is 3.65. The highest BCUT2D eigenvalue weighted by Gasteiger charge is 2.25. The Balaban J connectivity index is 1.24. The number of hydrogen-bond donors (Lipinski definition) is 2. The maximum absolute atomic E-state index is 13.0. The molecule has 0 fully saturated rings. The highest BCUT2D eigenvalue weighted by molar-refractivity contribution is 7.89. The summed E-state index contributed by atoms with van der Waals surface area (Å²) in [5.74, 6) is 1.16. The number of benzene rings is 3. The number of rotatable bonds is 6. The zero-order valence-corrected chi connectivity index (χ0v) is 19.8. The summed E-state index contributed by atoms with van der Waals surface area (Å²) >= 11 is 0. The Morgan fingerprint density at radius 3 is 2.54 bits per heavy atom. The monoisotopic (exact) mass is 492 g/mol. The summed E-state index contributed by atoms with van der Waals surface area (Å²) in [7, 11) is -2.54. The van der Waals surface area contributed by atoms with Crippen LogP contribution in [0.4, 0.5) is 5.69 Å². The molecule has 3 aromatic carbocycles. The van der Waals surface area contributed by atoms with E-state index in [4.69, 9.17) is 9.47 Å². The molecule has 0 aliphatic carbocycles. The van der Waals surface area contributed by atoms with Crippen molar-refractivity contribution >= 4 is 32.7 Å². The van der Waals surface area contributed by atoms with Crippen LogP contribution in [-0.2, 0) is 14.8 Å². The standard InChI is InChI=1S/C25H24N4O5S/c1-29(35(31,32)19-11-12-22-23(15-19)34-14-4-13-33-22)16-24(30)26-18-9-7-17(8-10-18)25-27-20-5-2-3-6-21(20)28-25/h2-3,5-12,15H,4,13-14,16H2,1H3,(H,26,30)(H,27,28). The van der Waals surface area contributed by atoms with Crippen LogP contribution in [0.1, 0.15) is 6.42 Å². The van der Waals surface area contributed by atoms with Crippen molar-refractivity contribution in [2.45, 2.75) is 11.3 Å². The van der Waals surface area contributed by atoms with E-state index in [1.165, 1.54) is 19.2 Å². The fraction of sp³-hybridized carbons (Fsp3) is 0.200. The van der Waals surface area contributed by atoms with Gasteiger partial charge in [-0.3, -0.25) is 4.79 Å². The molecular weight excluding hydrogens is 468 g/mol. The molecule has 180 valence electrons. The summed E-state index contributed by atoms with van der Waals surface area (Å²) in [4.78, 5) is 20.4. The topological polar surface area (TPSA) is 114 Å².